The van der Waals surface area contributed by atoms with Crippen molar-refractivity contribution in [3.05, 3.63) is 6.92 Å². The molecule has 2 heteroatoms. The molecule has 1 fully saturated rings. The van der Waals surface area contributed by atoms with Crippen LogP contribution in [0.4, 0.5) is 0 Å². The van der Waals surface area contributed by atoms with Gasteiger partial charge in [-0.25, -0.2) is 0 Å². The Morgan fingerprint density at radius 1 is 1.29 bits per heavy atom. The van der Waals surface area contributed by atoms with Crippen molar-refractivity contribution in [2.75, 3.05) is 0 Å². The van der Waals surface area contributed by atoms with Crippen LogP contribution in [-0.2, 0) is 19.5 Å². The molecular weight excluding hydrogens is 205 g/mol. The normalized spacial score (nSPS) is 18.4. The maximum absolute atomic E-state index is 3.84. The molecule has 1 rings (SSSR count). The van der Waals surface area contributed by atoms with Crippen molar-refractivity contribution in [2.45, 2.75) is 19.3 Å². The summed E-state index contributed by atoms with van der Waals surface area (Å²) in [5.41, 5.74) is 0. The summed E-state index contributed by atoms with van der Waals surface area (Å²) < 4.78 is 0. The molecule has 0 radical (unpaired) electrons. The summed E-state index contributed by atoms with van der Waals surface area (Å²) in [6, 6.07) is 0. The first-order valence-corrected chi connectivity index (χ1v) is 2.22. The van der Waals surface area contributed by atoms with E-state index in [1.807, 2.05) is 0 Å². The van der Waals surface area contributed by atoms with Crippen LogP contribution in [0.15, 0.2) is 0 Å². The minimum atomic E-state index is 0. The monoisotopic (exact) mass is 212 g/mol. The largest absolute Gasteiger partial charge is 2.00 e. The second-order valence-electron chi connectivity index (χ2n) is 1.80. The predicted octanol–water partition coefficient (Wildman–Crippen LogP) is -1.38. The van der Waals surface area contributed by atoms with Gasteiger partial charge < -0.3 is 23.9 Å². The van der Waals surface area contributed by atoms with Crippen molar-refractivity contribution in [1.29, 1.82) is 0 Å². The van der Waals surface area contributed by atoms with Crippen molar-refractivity contribution in [3.8, 4) is 0 Å². The third-order valence-electron chi connectivity index (χ3n) is 1.22. The summed E-state index contributed by atoms with van der Waals surface area (Å²) in [6.07, 6.45) is 4.17. The van der Waals surface area contributed by atoms with E-state index in [0.717, 1.165) is 5.92 Å². The molecule has 0 aromatic heterocycles. The summed E-state index contributed by atoms with van der Waals surface area (Å²) in [4.78, 5) is 0. The van der Waals surface area contributed by atoms with Gasteiger partial charge in [0, 0.05) is 0 Å². The van der Waals surface area contributed by atoms with Crippen LogP contribution in [0.25, 0.3) is 0 Å². The molecule has 0 bridgehead atoms. The fourth-order valence-electron chi connectivity index (χ4n) is 0.493. The topological polar surface area (TPSA) is 0 Å². The number of rotatable bonds is 0. The van der Waals surface area contributed by atoms with Crippen molar-refractivity contribution in [2.24, 2.45) is 5.92 Å². The minimum Gasteiger partial charge on any atom is -1.00 e. The summed E-state index contributed by atoms with van der Waals surface area (Å²) in [5, 5.41) is 0. The van der Waals surface area contributed by atoms with Gasteiger partial charge in [-0.3, -0.25) is 0 Å². The van der Waals surface area contributed by atoms with E-state index in [9.17, 15) is 0 Å². The molecule has 1 aliphatic carbocycles. The first-order valence-electron chi connectivity index (χ1n) is 2.22. The molecule has 1 saturated carbocycles. The van der Waals surface area contributed by atoms with E-state index in [0.29, 0.717) is 0 Å². The Balaban J connectivity index is 0. The van der Waals surface area contributed by atoms with Gasteiger partial charge in [0.15, 0.2) is 0 Å². The first kappa shape index (κ1) is 11.0. The average molecular weight is 214 g/mol. The summed E-state index contributed by atoms with van der Waals surface area (Å²) >= 11 is 0. The molecule has 0 N–H and O–H groups in total. The van der Waals surface area contributed by atoms with Crippen LogP contribution >= 0.6 is 0 Å². The average Bonchev–Trinajstić information content (AvgIpc) is 1.30. The van der Waals surface area contributed by atoms with Gasteiger partial charge in [0.25, 0.3) is 0 Å². The molecule has 0 atom stereocenters. The Hall–Kier alpha value is 1.10. The van der Waals surface area contributed by atoms with Crippen LogP contribution in [0.5, 0.6) is 0 Å². The van der Waals surface area contributed by atoms with Gasteiger partial charge in [0.2, 0.25) is 0 Å². The second kappa shape index (κ2) is 5.24. The van der Waals surface area contributed by atoms with Gasteiger partial charge in [-0.15, -0.1) is 0 Å². The van der Waals surface area contributed by atoms with Crippen LogP contribution in [-0.4, -0.2) is 0 Å². The molecule has 0 aliphatic heterocycles. The Bertz CT molecular complexity index is 35.1. The molecule has 38 valence electrons. The molecule has 1 aliphatic rings. The summed E-state index contributed by atoms with van der Waals surface area (Å²) in [7, 11) is 0. The van der Waals surface area contributed by atoms with Crippen molar-refractivity contribution < 1.29 is 36.5 Å². The van der Waals surface area contributed by atoms with Crippen LogP contribution in [0, 0.1) is 12.8 Å². The van der Waals surface area contributed by atoms with Gasteiger partial charge in [-0.1, -0.05) is 19.3 Å². The third-order valence-corrected chi connectivity index (χ3v) is 1.22. The molecule has 0 unspecified atom stereocenters. The molecule has 0 saturated heterocycles. The van der Waals surface area contributed by atoms with E-state index in [-0.39, 0.29) is 36.5 Å². The zero-order valence-electron chi connectivity index (χ0n) is 4.49. The van der Waals surface area contributed by atoms with Crippen molar-refractivity contribution in [3.63, 3.8) is 0 Å². The fraction of sp³-hybridized carbons (Fsp3) is 0.800. The second-order valence-corrected chi connectivity index (χ2v) is 1.80. The molecule has 0 spiro atoms. The Labute approximate surface area is 68.6 Å². The Morgan fingerprint density at radius 2 is 1.57 bits per heavy atom. The summed E-state index contributed by atoms with van der Waals surface area (Å²) in [5.74, 6) is 0.815. The van der Waals surface area contributed by atoms with Gasteiger partial charge >= 0.3 is 19.5 Å². The number of hydrogen-bond donors (Lipinski definition) is 0. The van der Waals surface area contributed by atoms with Crippen molar-refractivity contribution >= 4 is 0 Å². The van der Waals surface area contributed by atoms with E-state index in [1.165, 1.54) is 19.3 Å². The van der Waals surface area contributed by atoms with E-state index in [1.54, 1.807) is 0 Å². The maximum atomic E-state index is 3.84. The maximum Gasteiger partial charge on any atom is 2.00 e. The van der Waals surface area contributed by atoms with E-state index < -0.39 is 0 Å². The van der Waals surface area contributed by atoms with Crippen LogP contribution in [0.2, 0.25) is 0 Å². The van der Waals surface area contributed by atoms with Crippen LogP contribution in [0.3, 0.4) is 0 Å². The number of halogens is 1. The third kappa shape index (κ3) is 3.67. The smallest absolute Gasteiger partial charge is 1.00 e. The van der Waals surface area contributed by atoms with Crippen molar-refractivity contribution in [1.82, 2.24) is 0 Å². The number of hydrogen-bond acceptors (Lipinski definition) is 0. The van der Waals surface area contributed by atoms with Gasteiger partial charge in [-0.05, 0) is 0 Å². The quantitative estimate of drug-likeness (QED) is 0.345. The zero-order valence-corrected chi connectivity index (χ0v) is 9.04. The van der Waals surface area contributed by atoms with Crippen LogP contribution < -0.4 is 17.0 Å². The Kier molecular flexibility index (Phi) is 8.22. The Morgan fingerprint density at radius 3 is 1.57 bits per heavy atom. The molecule has 0 aromatic rings. The molecule has 7 heavy (non-hydrogen) atoms. The van der Waals surface area contributed by atoms with E-state index in [2.05, 4.69) is 6.92 Å². The summed E-state index contributed by atoms with van der Waals surface area (Å²) in [6.45, 7) is 3.84. The van der Waals surface area contributed by atoms with Gasteiger partial charge in [0.1, 0.15) is 0 Å². The molecule has 0 amide bonds. The van der Waals surface area contributed by atoms with Gasteiger partial charge in [-0.2, -0.15) is 5.92 Å². The van der Waals surface area contributed by atoms with E-state index >= 15 is 0 Å². The van der Waals surface area contributed by atoms with Crippen LogP contribution in [0.1, 0.15) is 19.3 Å². The fourth-order valence-corrected chi connectivity index (χ4v) is 0.493. The zero-order chi connectivity index (χ0) is 3.70. The molecule has 0 nitrogen and oxygen atoms in total. The first-order chi connectivity index (χ1) is 2.39. The van der Waals surface area contributed by atoms with Gasteiger partial charge in [0.05, 0.1) is 0 Å². The molecular formula is C5H9BrZn. The predicted molar refractivity (Wildman–Crippen MR) is 22.7 cm³/mol. The SMILES string of the molecule is [Br-].[CH2-]C1CCC1.[Zn+2]. The standard InChI is InChI=1S/C5H9.BrH.Zn/c1-5-3-2-4-5;;/h5H,1-4H2;1H;/q-1;;+2/p-1. The van der Waals surface area contributed by atoms with E-state index in [4.69, 9.17) is 0 Å². The molecule has 0 aromatic carbocycles. The molecule has 0 heterocycles. The minimum absolute atomic E-state index is 0.